The summed E-state index contributed by atoms with van der Waals surface area (Å²) < 4.78 is 6.00. The molecule has 0 aliphatic carbocycles. The first kappa shape index (κ1) is 30.9. The number of benzene rings is 8. The Kier molecular flexibility index (Phi) is 6.26. The first-order chi connectivity index (χ1) is 28.2. The van der Waals surface area contributed by atoms with Crippen LogP contribution in [0, 0.1) is 0 Å². The molecule has 13 rings (SSSR count). The number of hydrogen-bond donors (Lipinski definition) is 0. The Morgan fingerprint density at radius 1 is 0.368 bits per heavy atom. The number of nitrogens with zero attached hydrogens (tertiary/aromatic N) is 5. The highest BCUT2D eigenvalue weighted by Crippen LogP contribution is 2.43. The second-order valence-corrected chi connectivity index (χ2v) is 15.8. The highest BCUT2D eigenvalue weighted by molar-refractivity contribution is 7.18. The topological polar surface area (TPSA) is 48.0 Å². The van der Waals surface area contributed by atoms with E-state index >= 15 is 0 Å². The summed E-state index contributed by atoms with van der Waals surface area (Å²) in [6, 6.07) is 60.9. The smallest absolute Gasteiger partial charge is 0.238 e. The molecule has 57 heavy (non-hydrogen) atoms. The van der Waals surface area contributed by atoms with Crippen LogP contribution in [0.1, 0.15) is 0 Å². The van der Waals surface area contributed by atoms with Crippen LogP contribution in [0.15, 0.2) is 175 Å². The molecule has 0 atom stereocenters. The number of fused-ring (bicyclic) bond motifs is 12. The molecule has 0 bridgehead atoms. The lowest BCUT2D eigenvalue weighted by molar-refractivity contribution is 0.953. The second-order valence-electron chi connectivity index (χ2n) is 14.9. The second kappa shape index (κ2) is 11.6. The van der Waals surface area contributed by atoms with E-state index in [1.165, 1.54) is 64.7 Å². The first-order valence-electron chi connectivity index (χ1n) is 19.2. The van der Waals surface area contributed by atoms with E-state index in [1.807, 2.05) is 29.5 Å². The van der Waals surface area contributed by atoms with Crippen LogP contribution in [0.2, 0.25) is 0 Å². The van der Waals surface area contributed by atoms with Crippen LogP contribution in [0.4, 0.5) is 0 Å². The molecule has 0 unspecified atom stereocenters. The van der Waals surface area contributed by atoms with Gasteiger partial charge in [0.25, 0.3) is 0 Å². The summed E-state index contributed by atoms with van der Waals surface area (Å²) >= 11 is 1.82. The molecule has 6 heteroatoms. The van der Waals surface area contributed by atoms with E-state index in [9.17, 15) is 0 Å². The summed E-state index contributed by atoms with van der Waals surface area (Å²) in [6.07, 6.45) is 0. The van der Waals surface area contributed by atoms with Crippen molar-refractivity contribution in [2.75, 3.05) is 0 Å². The number of aromatic nitrogens is 5. The standard InChI is InChI=1S/C51H29N5S/c1-2-10-31(11-3-1)49-52-50(35-19-22-37-34(27-35)18-17-30-9-4-5-12-36(30)37)54-51(53-49)56-43-16-7-6-13-38(43)41-28-32(21-24-45(41)56)33-20-23-44-42(29-33)39-14-8-15-40-47(39)55(44)46-25-26-57-48(40)46/h1-29H. The highest BCUT2D eigenvalue weighted by Gasteiger charge is 2.21. The Labute approximate surface area is 329 Å². The third kappa shape index (κ3) is 4.41. The molecule has 13 aromatic rings. The molecule has 0 radical (unpaired) electrons. The van der Waals surface area contributed by atoms with E-state index in [1.54, 1.807) is 0 Å². The van der Waals surface area contributed by atoms with E-state index < -0.39 is 0 Å². The molecule has 5 heterocycles. The van der Waals surface area contributed by atoms with E-state index in [0.717, 1.165) is 38.3 Å². The molecular formula is C51H29N5S. The predicted molar refractivity (Wildman–Crippen MR) is 238 cm³/mol. The maximum Gasteiger partial charge on any atom is 0.238 e. The van der Waals surface area contributed by atoms with Gasteiger partial charge in [0.2, 0.25) is 5.95 Å². The predicted octanol–water partition coefficient (Wildman–Crippen LogP) is 13.5. The van der Waals surface area contributed by atoms with Crippen molar-refractivity contribution in [2.45, 2.75) is 0 Å². The quantitative estimate of drug-likeness (QED) is 0.169. The average Bonchev–Trinajstić information content (AvgIpc) is 4.04. The van der Waals surface area contributed by atoms with E-state index in [2.05, 4.69) is 166 Å². The SMILES string of the molecule is c1ccc(-c2nc(-c3ccc4c(ccc5ccccc54)c3)nc(-n3c4ccccc4c4cc(-c5ccc6c(c5)c5cccc7c8sccc8n6c57)ccc43)n2)cc1. The number of hydrogen-bond acceptors (Lipinski definition) is 4. The van der Waals surface area contributed by atoms with Crippen molar-refractivity contribution in [3.05, 3.63) is 175 Å². The molecular weight excluding hydrogens is 715 g/mol. The minimum atomic E-state index is 0.587. The monoisotopic (exact) mass is 743 g/mol. The van der Waals surface area contributed by atoms with E-state index in [4.69, 9.17) is 15.0 Å². The zero-order valence-corrected chi connectivity index (χ0v) is 31.2. The summed E-state index contributed by atoms with van der Waals surface area (Å²) in [5.41, 5.74) is 10.2. The van der Waals surface area contributed by atoms with Crippen molar-refractivity contribution in [3.8, 4) is 39.9 Å². The first-order valence-corrected chi connectivity index (χ1v) is 20.1. The van der Waals surface area contributed by atoms with E-state index in [0.29, 0.717) is 17.6 Å². The van der Waals surface area contributed by atoms with Gasteiger partial charge in [-0.2, -0.15) is 9.97 Å². The largest absolute Gasteiger partial charge is 0.307 e. The molecule has 0 N–H and O–H groups in total. The van der Waals surface area contributed by atoms with Gasteiger partial charge < -0.3 is 4.40 Å². The van der Waals surface area contributed by atoms with Crippen molar-refractivity contribution in [3.63, 3.8) is 0 Å². The van der Waals surface area contributed by atoms with Gasteiger partial charge in [-0.1, -0.05) is 127 Å². The minimum absolute atomic E-state index is 0.587. The molecule has 0 aliphatic heterocycles. The Hall–Kier alpha value is -7.41. The third-order valence-corrected chi connectivity index (χ3v) is 12.7. The van der Waals surface area contributed by atoms with Crippen molar-refractivity contribution >= 4 is 92.1 Å². The Morgan fingerprint density at radius 3 is 1.89 bits per heavy atom. The molecule has 5 nitrogen and oxygen atoms in total. The summed E-state index contributed by atoms with van der Waals surface area (Å²) in [7, 11) is 0. The molecule has 8 aromatic carbocycles. The van der Waals surface area contributed by atoms with Crippen LogP contribution in [-0.2, 0) is 0 Å². The number of para-hydroxylation sites is 2. The number of rotatable bonds is 4. The third-order valence-electron chi connectivity index (χ3n) is 11.8. The van der Waals surface area contributed by atoms with Gasteiger partial charge in [-0.15, -0.1) is 11.3 Å². The van der Waals surface area contributed by atoms with Gasteiger partial charge in [-0.25, -0.2) is 4.98 Å². The summed E-state index contributed by atoms with van der Waals surface area (Å²) in [4.78, 5) is 15.5. The van der Waals surface area contributed by atoms with Crippen molar-refractivity contribution in [1.82, 2.24) is 23.9 Å². The average molecular weight is 744 g/mol. The van der Waals surface area contributed by atoms with Gasteiger partial charge in [0.05, 0.1) is 32.3 Å². The maximum absolute atomic E-state index is 5.25. The Morgan fingerprint density at radius 2 is 1.02 bits per heavy atom. The van der Waals surface area contributed by atoms with Crippen LogP contribution < -0.4 is 0 Å². The van der Waals surface area contributed by atoms with Crippen molar-refractivity contribution < 1.29 is 0 Å². The van der Waals surface area contributed by atoms with Crippen molar-refractivity contribution in [2.24, 2.45) is 0 Å². The zero-order chi connectivity index (χ0) is 37.2. The van der Waals surface area contributed by atoms with E-state index in [-0.39, 0.29) is 0 Å². The molecule has 0 spiro atoms. The van der Waals surface area contributed by atoms with Gasteiger partial charge >= 0.3 is 0 Å². The van der Waals surface area contributed by atoms with Gasteiger partial charge in [-0.05, 0) is 80.5 Å². The molecule has 0 fully saturated rings. The normalized spacial score (nSPS) is 12.2. The fraction of sp³-hybridized carbons (Fsp3) is 0. The molecule has 5 aromatic heterocycles. The van der Waals surface area contributed by atoms with Crippen LogP contribution in [0.5, 0.6) is 0 Å². The molecule has 0 saturated heterocycles. The lowest BCUT2D eigenvalue weighted by atomic mass is 10.00. The Balaban J connectivity index is 1.00. The molecule has 264 valence electrons. The Bertz CT molecular complexity index is 3760. The number of thiophene rings is 1. The molecule has 0 saturated carbocycles. The van der Waals surface area contributed by atoms with Crippen LogP contribution in [-0.4, -0.2) is 23.9 Å². The summed E-state index contributed by atoms with van der Waals surface area (Å²) in [6.45, 7) is 0. The fourth-order valence-corrected chi connectivity index (χ4v) is 10.1. The highest BCUT2D eigenvalue weighted by atomic mass is 32.1. The molecule has 0 aliphatic rings. The van der Waals surface area contributed by atoms with Crippen LogP contribution in [0.3, 0.4) is 0 Å². The molecule has 0 amide bonds. The van der Waals surface area contributed by atoms with Gasteiger partial charge in [-0.3, -0.25) is 4.57 Å². The summed E-state index contributed by atoms with van der Waals surface area (Å²) in [5, 5.41) is 13.2. The summed E-state index contributed by atoms with van der Waals surface area (Å²) in [5.74, 6) is 1.86. The lowest BCUT2D eigenvalue weighted by Gasteiger charge is -2.12. The van der Waals surface area contributed by atoms with Crippen LogP contribution in [0.25, 0.3) is 121 Å². The van der Waals surface area contributed by atoms with Gasteiger partial charge in [0, 0.05) is 38.1 Å². The minimum Gasteiger partial charge on any atom is -0.307 e. The lowest BCUT2D eigenvalue weighted by Crippen LogP contribution is -2.06. The fourth-order valence-electron chi connectivity index (χ4n) is 9.19. The van der Waals surface area contributed by atoms with Gasteiger partial charge in [0.15, 0.2) is 11.6 Å². The zero-order valence-electron chi connectivity index (χ0n) is 30.4. The van der Waals surface area contributed by atoms with Crippen molar-refractivity contribution in [1.29, 1.82) is 0 Å². The maximum atomic E-state index is 5.25. The van der Waals surface area contributed by atoms with Gasteiger partial charge in [0.1, 0.15) is 0 Å². The van der Waals surface area contributed by atoms with Crippen LogP contribution >= 0.6 is 11.3 Å².